The van der Waals surface area contributed by atoms with Gasteiger partial charge >= 0.3 is 0 Å². The zero-order valence-electron chi connectivity index (χ0n) is 54.7. The number of aryl methyl sites for hydroxylation is 4. The van der Waals surface area contributed by atoms with Crippen molar-refractivity contribution in [2.24, 2.45) is 5.73 Å². The number of carbonyl (C=O) groups excluding carboxylic acids is 5. The maximum atomic E-state index is 13.2. The Hall–Kier alpha value is -9.21. The van der Waals surface area contributed by atoms with Gasteiger partial charge in [-0.05, 0) is 224 Å². The Morgan fingerprint density at radius 3 is 1.26 bits per heavy atom. The zero-order valence-corrected chi connectivity index (χ0v) is 57.9. The number of likely N-dealkylation sites (N-methyl/N-ethyl adjacent to an activating group) is 4. The van der Waals surface area contributed by atoms with Gasteiger partial charge in [-0.15, -0.1) is 0 Å². The fourth-order valence-corrected chi connectivity index (χ4v) is 14.1. The van der Waals surface area contributed by atoms with Crippen LogP contribution in [0.25, 0.3) is 0 Å². The number of aromatic amines is 1. The van der Waals surface area contributed by atoms with E-state index in [9.17, 15) is 43.2 Å². The lowest BCUT2D eigenvalue weighted by atomic mass is 9.98. The average Bonchev–Trinajstić information content (AvgIpc) is 1.61. The molecule has 14 rings (SSSR count). The van der Waals surface area contributed by atoms with Crippen LogP contribution in [0.2, 0.25) is 0 Å². The van der Waals surface area contributed by atoms with Crippen LogP contribution >= 0.6 is 31.9 Å². The summed E-state index contributed by atoms with van der Waals surface area (Å²) in [7, 11) is 8.01. The Labute approximate surface area is 576 Å². The molecule has 3 atom stereocenters. The second-order valence-corrected chi connectivity index (χ2v) is 26.6. The summed E-state index contributed by atoms with van der Waals surface area (Å²) in [5.41, 5.74) is 12.8. The maximum absolute atomic E-state index is 13.2. The first kappa shape index (κ1) is 73.6. The van der Waals surface area contributed by atoms with Crippen molar-refractivity contribution in [1.82, 2.24) is 84.1 Å². The van der Waals surface area contributed by atoms with Crippen LogP contribution in [0.1, 0.15) is 123 Å². The molecule has 4 fully saturated rings. The van der Waals surface area contributed by atoms with Gasteiger partial charge in [-0.1, -0.05) is 7.43 Å². The van der Waals surface area contributed by atoms with Gasteiger partial charge in [-0.25, -0.2) is 29.9 Å². The number of aromatic nitrogens is 10. The Bertz CT molecular complexity index is 4180. The molecule has 0 saturated carbocycles. The minimum Gasteiger partial charge on any atom is -0.384 e. The number of nitrogens with two attached hydrogens (primary N) is 2. The van der Waals surface area contributed by atoms with E-state index in [0.717, 1.165) is 94.2 Å². The lowest BCUT2D eigenvalue weighted by molar-refractivity contribution is -0.121. The second-order valence-electron chi connectivity index (χ2n) is 24.9. The van der Waals surface area contributed by atoms with Gasteiger partial charge in [-0.3, -0.25) is 61.8 Å². The number of halogens is 2. The molecule has 0 aliphatic carbocycles. The summed E-state index contributed by atoms with van der Waals surface area (Å²) in [4.78, 5) is 143. The Balaban J connectivity index is 0.000000157. The van der Waals surface area contributed by atoms with Gasteiger partial charge in [0, 0.05) is 44.6 Å². The van der Waals surface area contributed by atoms with Gasteiger partial charge in [0.25, 0.3) is 45.9 Å². The first-order valence-corrected chi connectivity index (χ1v) is 32.7. The van der Waals surface area contributed by atoms with Gasteiger partial charge in [0.1, 0.15) is 93.4 Å². The molecule has 32 heteroatoms. The average molecular weight is 1460 g/mol. The molecule has 7 aromatic heterocycles. The summed E-state index contributed by atoms with van der Waals surface area (Å²) < 4.78 is 5.85. The number of amides is 4. The Morgan fingerprint density at radius 1 is 0.526 bits per heavy atom. The van der Waals surface area contributed by atoms with Crippen LogP contribution in [0.4, 0.5) is 28.8 Å². The highest BCUT2D eigenvalue weighted by Gasteiger charge is 2.49. The van der Waals surface area contributed by atoms with Gasteiger partial charge < -0.3 is 57.7 Å². The molecule has 3 unspecified atom stereocenters. The highest BCUT2D eigenvalue weighted by Crippen LogP contribution is 2.36. The normalized spacial score (nSPS) is 20.7. The number of carbonyl (C=O) groups is 5. The number of likely N-dealkylation sites (tertiary alicyclic amines) is 4. The van der Waals surface area contributed by atoms with Crippen molar-refractivity contribution >= 4 is 90.1 Å². The first-order chi connectivity index (χ1) is 45.6. The van der Waals surface area contributed by atoms with E-state index in [1.165, 1.54) is 19.0 Å². The van der Waals surface area contributed by atoms with Gasteiger partial charge in [-0.2, -0.15) is 0 Å². The van der Waals surface area contributed by atoms with E-state index in [2.05, 4.69) is 113 Å². The number of anilines is 5. The lowest BCUT2D eigenvalue weighted by Crippen LogP contribution is -2.57. The van der Waals surface area contributed by atoms with Crippen LogP contribution in [-0.4, -0.2) is 178 Å². The summed E-state index contributed by atoms with van der Waals surface area (Å²) in [6.45, 7) is 13.8. The number of ketones is 1. The van der Waals surface area contributed by atoms with Gasteiger partial charge in [0.05, 0.1) is 15.5 Å². The van der Waals surface area contributed by atoms with E-state index in [-0.39, 0.29) is 53.1 Å². The minimum atomic E-state index is -0.676. The number of rotatable bonds is 5. The number of nitrogens with zero attached hydrogens (tertiary/aromatic N) is 13. The summed E-state index contributed by atoms with van der Waals surface area (Å²) in [5.74, 6) is 0.846. The van der Waals surface area contributed by atoms with Crippen molar-refractivity contribution in [3.63, 3.8) is 0 Å². The number of nitrogen functional groups attached to an aromatic ring is 1. The van der Waals surface area contributed by atoms with Crippen LogP contribution in [0.5, 0.6) is 0 Å². The zero-order chi connectivity index (χ0) is 69.4. The van der Waals surface area contributed by atoms with Crippen molar-refractivity contribution in [2.75, 3.05) is 96.9 Å². The molecule has 0 aromatic carbocycles. The Morgan fingerprint density at radius 2 is 0.918 bits per heavy atom. The summed E-state index contributed by atoms with van der Waals surface area (Å²) in [6.07, 6.45) is 16.0. The molecule has 30 nitrogen and oxygen atoms in total. The van der Waals surface area contributed by atoms with Crippen molar-refractivity contribution in [2.45, 2.75) is 103 Å². The summed E-state index contributed by atoms with van der Waals surface area (Å²) in [6, 6.07) is 11.7. The number of hydrogen-bond acceptors (Lipinski definition) is 22. The molecule has 3 spiro atoms. The molecule has 4 saturated heterocycles. The standard InChI is InChI=1S/2C17H20N6O2.C13H16BrN3O2.C7H7BrN2O2.C6H11NO.C4H5N3.CH4/c2*1-11-8-12(20-13-4-6-18-10-19-13)16(25)23-14(11)15(24)21-17(23)5-3-7-22(2)9-17;1-8-6-9(14)12(19)17-10(8)11(18)15-13(17)4-3-5-16(2)7-13;1-3-2-4(8)7(12)10-5(3)6(9)11;1-7-4-2-3-6(8)5-7;5-4-1-2-6-3-7-4;/h2*4,6,8,10H,3,5,7,9H2,1-2H3,(H,21,24)(H,18,19,20);6H,3-5,7H2,1-2H3,(H,15,18);2H,1H3,(H2,9,11)(H,10,12);2-5H2,1H3;1-3H,(H2,5,6,7);1H4. The van der Waals surface area contributed by atoms with Gasteiger partial charge in [0.2, 0.25) is 0 Å². The largest absolute Gasteiger partial charge is 0.384 e. The van der Waals surface area contributed by atoms with E-state index < -0.39 is 22.9 Å². The predicted molar refractivity (Wildman–Crippen MR) is 374 cm³/mol. The quantitative estimate of drug-likeness (QED) is 0.120. The minimum absolute atomic E-state index is 0. The third-order valence-corrected chi connectivity index (χ3v) is 18.4. The number of piperidine rings is 4. The van der Waals surface area contributed by atoms with Gasteiger partial charge in [0.15, 0.2) is 0 Å². The molecular weight excluding hydrogens is 1380 g/mol. The number of Topliss-reactive ketones (excluding diaryl/α,β-unsaturated/α-hetero) is 1. The topological polar surface area (TPSA) is 387 Å². The SMILES string of the molecule is C.CN1CCCC(=O)C1.Cc1cc(Br)c(=O)[nH]c1C(N)=O.Cc1cc(Br)c(=O)n2c1C(=O)NC21CCCN(C)C1.Cc1cc(Nc2ccncn2)c(=O)n2c1C(=O)NC21CCCN(C)C1.Cc1cc(Nc2ccncn2)c(=O)n2c1C(=O)NC21CCCN(C)C1.Nc1ccncn1. The molecule has 7 aliphatic heterocycles. The third kappa shape index (κ3) is 16.6. The molecule has 0 bridgehead atoms. The molecule has 10 N–H and O–H groups in total. The van der Waals surface area contributed by atoms with Crippen LogP contribution in [0.3, 0.4) is 0 Å². The number of primary amides is 1. The van der Waals surface area contributed by atoms with Crippen LogP contribution in [0.15, 0.2) is 108 Å². The van der Waals surface area contributed by atoms with Crippen molar-refractivity contribution in [3.05, 3.63) is 175 Å². The molecule has 7 aromatic rings. The number of H-pyrrole nitrogens is 1. The van der Waals surface area contributed by atoms with Crippen LogP contribution < -0.4 is 60.3 Å². The molecule has 97 heavy (non-hydrogen) atoms. The smallest absolute Gasteiger partial charge is 0.276 e. The van der Waals surface area contributed by atoms with E-state index in [0.29, 0.717) is 92.4 Å². The number of pyridine rings is 4. The number of fused-ring (bicyclic) bond motifs is 6. The third-order valence-electron chi connectivity index (χ3n) is 17.3. The van der Waals surface area contributed by atoms with E-state index in [1.54, 1.807) is 81.7 Å². The molecule has 7 aliphatic rings. The summed E-state index contributed by atoms with van der Waals surface area (Å²) in [5, 5.41) is 15.3. The van der Waals surface area contributed by atoms with Crippen molar-refractivity contribution in [3.8, 4) is 0 Å². The predicted octanol–water partition coefficient (Wildman–Crippen LogP) is 4.19. The van der Waals surface area contributed by atoms with E-state index in [4.69, 9.17) is 11.5 Å². The van der Waals surface area contributed by atoms with E-state index in [1.807, 2.05) is 49.0 Å². The molecule has 14 heterocycles. The maximum Gasteiger partial charge on any atom is 0.276 e. The lowest BCUT2D eigenvalue weighted by Gasteiger charge is -2.39. The molecule has 0 radical (unpaired) electrons. The van der Waals surface area contributed by atoms with E-state index >= 15 is 0 Å². The molecular formula is C65H83Br2N21O9. The van der Waals surface area contributed by atoms with Crippen molar-refractivity contribution < 1.29 is 24.0 Å². The fraction of sp³-hybridized carbons (Fsp3) is 0.431. The first-order valence-electron chi connectivity index (χ1n) is 31.1. The van der Waals surface area contributed by atoms with Crippen LogP contribution in [0, 0.1) is 27.7 Å². The highest BCUT2D eigenvalue weighted by molar-refractivity contribution is 9.10. The fourth-order valence-electron chi connectivity index (χ4n) is 13.2. The summed E-state index contributed by atoms with van der Waals surface area (Å²) >= 11 is 6.33. The Kier molecular flexibility index (Phi) is 23.8. The molecule has 516 valence electrons. The van der Waals surface area contributed by atoms with Crippen LogP contribution in [-0.2, 0) is 21.8 Å². The molecule has 4 amide bonds. The van der Waals surface area contributed by atoms with Crippen molar-refractivity contribution in [1.29, 1.82) is 0 Å². The second kappa shape index (κ2) is 31.3. The highest BCUT2D eigenvalue weighted by atomic mass is 79.9. The number of hydrogen-bond donors (Lipinski definition) is 8. The monoisotopic (exact) mass is 1460 g/mol. The number of nitrogens with one attached hydrogen (secondary N) is 6.